The van der Waals surface area contributed by atoms with Gasteiger partial charge in [-0.15, -0.1) is 0 Å². The Morgan fingerprint density at radius 2 is 1.42 bits per heavy atom. The molecule has 0 N–H and O–H groups in total. The normalized spacial score (nSPS) is 19.1. The number of amides is 3. The lowest BCUT2D eigenvalue weighted by Gasteiger charge is -2.45. The Kier molecular flexibility index (Phi) is 7.62. The molecule has 0 saturated heterocycles. The highest BCUT2D eigenvalue weighted by molar-refractivity contribution is 8.32. The van der Waals surface area contributed by atoms with E-state index >= 15 is 0 Å². The van der Waals surface area contributed by atoms with Gasteiger partial charge in [-0.1, -0.05) is 96.4 Å². The number of fused-ring (bicyclic) bond motifs is 2. The summed E-state index contributed by atoms with van der Waals surface area (Å²) in [5, 5.41) is 0. The van der Waals surface area contributed by atoms with Crippen molar-refractivity contribution in [1.29, 1.82) is 0 Å². The number of carbonyl (C=O) groups is 4. The van der Waals surface area contributed by atoms with Crippen molar-refractivity contribution >= 4 is 80.5 Å². The number of thiocarbonyl (C=S) groups is 1. The number of esters is 1. The van der Waals surface area contributed by atoms with Crippen LogP contribution < -0.4 is 4.90 Å². The third-order valence-corrected chi connectivity index (χ3v) is 10.8. The van der Waals surface area contributed by atoms with Crippen LogP contribution in [0.25, 0.3) is 10.5 Å². The van der Waals surface area contributed by atoms with Gasteiger partial charge in [0.05, 0.1) is 38.1 Å². The van der Waals surface area contributed by atoms with Crippen LogP contribution in [-0.2, 0) is 14.3 Å². The number of rotatable bonds is 5. The maximum atomic E-state index is 14.0. The van der Waals surface area contributed by atoms with Crippen LogP contribution in [0.5, 0.6) is 0 Å². The summed E-state index contributed by atoms with van der Waals surface area (Å²) < 4.78 is 6.22. The Balaban J connectivity index is 1.40. The lowest BCUT2D eigenvalue weighted by atomic mass is 9.83. The van der Waals surface area contributed by atoms with Crippen LogP contribution in [0.15, 0.2) is 88.0 Å². The molecule has 0 saturated carbocycles. The van der Waals surface area contributed by atoms with E-state index in [4.69, 9.17) is 17.0 Å². The van der Waals surface area contributed by atoms with Gasteiger partial charge in [-0.05, 0) is 44.5 Å². The fourth-order valence-corrected chi connectivity index (χ4v) is 8.59. The Labute approximate surface area is 263 Å². The highest BCUT2D eigenvalue weighted by atomic mass is 32.2. The SMILES string of the molecule is CCOC(=O)C1=C(c2ccccc2)S/C(=C2/C(=S)C(C)(C)N(C(=O)CN3C(=O)c4ccccc4C3=O)c3ccccc32)S1. The zero-order chi connectivity index (χ0) is 30.5. The van der Waals surface area contributed by atoms with Gasteiger partial charge in [0, 0.05) is 16.0 Å². The predicted octanol–water partition coefficient (Wildman–Crippen LogP) is 6.56. The lowest BCUT2D eigenvalue weighted by molar-refractivity contribution is -0.137. The number of benzene rings is 3. The first-order valence-corrected chi connectivity index (χ1v) is 15.7. The summed E-state index contributed by atoms with van der Waals surface area (Å²) in [5.41, 5.74) is 2.58. The van der Waals surface area contributed by atoms with Gasteiger partial charge in [0.1, 0.15) is 11.4 Å². The summed E-state index contributed by atoms with van der Waals surface area (Å²) in [5.74, 6) is -1.82. The minimum Gasteiger partial charge on any atom is -0.462 e. The van der Waals surface area contributed by atoms with E-state index < -0.39 is 35.8 Å². The van der Waals surface area contributed by atoms with E-state index in [1.807, 2.05) is 68.4 Å². The van der Waals surface area contributed by atoms with Gasteiger partial charge in [-0.25, -0.2) is 4.79 Å². The second kappa shape index (κ2) is 11.3. The molecule has 6 rings (SSSR count). The van der Waals surface area contributed by atoms with Crippen LogP contribution in [0.3, 0.4) is 0 Å². The van der Waals surface area contributed by atoms with Gasteiger partial charge >= 0.3 is 5.97 Å². The number of carbonyl (C=O) groups excluding carboxylic acids is 4. The molecule has 0 atom stereocenters. The number of thioether (sulfide) groups is 2. The Hall–Kier alpha value is -3.99. The molecule has 0 spiro atoms. The van der Waals surface area contributed by atoms with E-state index in [1.165, 1.54) is 23.5 Å². The molecular weight excluding hydrogens is 601 g/mol. The molecule has 0 unspecified atom stereocenters. The van der Waals surface area contributed by atoms with Crippen LogP contribution >= 0.6 is 35.7 Å². The molecule has 216 valence electrons. The molecule has 43 heavy (non-hydrogen) atoms. The lowest BCUT2D eigenvalue weighted by Crippen LogP contribution is -2.58. The molecule has 0 aromatic heterocycles. The van der Waals surface area contributed by atoms with E-state index in [0.717, 1.165) is 30.7 Å². The van der Waals surface area contributed by atoms with Crippen molar-refractivity contribution in [2.24, 2.45) is 0 Å². The highest BCUT2D eigenvalue weighted by Crippen LogP contribution is 2.58. The average molecular weight is 627 g/mol. The molecule has 0 radical (unpaired) electrons. The first-order valence-electron chi connectivity index (χ1n) is 13.6. The predicted molar refractivity (Wildman–Crippen MR) is 175 cm³/mol. The second-order valence-electron chi connectivity index (χ2n) is 10.5. The number of imide groups is 1. The third kappa shape index (κ3) is 4.83. The van der Waals surface area contributed by atoms with E-state index in [-0.39, 0.29) is 17.7 Å². The first-order chi connectivity index (χ1) is 20.6. The quantitative estimate of drug-likeness (QED) is 0.136. The first kappa shape index (κ1) is 29.1. The van der Waals surface area contributed by atoms with Crippen molar-refractivity contribution in [3.05, 3.63) is 110 Å². The molecule has 7 nitrogen and oxygen atoms in total. The van der Waals surface area contributed by atoms with Crippen LogP contribution in [0.1, 0.15) is 52.6 Å². The number of anilines is 1. The number of ether oxygens (including phenoxy) is 1. The largest absolute Gasteiger partial charge is 0.462 e. The fraction of sp³-hybridized carbons (Fsp3) is 0.182. The monoisotopic (exact) mass is 626 g/mol. The molecule has 10 heteroatoms. The van der Waals surface area contributed by atoms with Crippen molar-refractivity contribution < 1.29 is 23.9 Å². The van der Waals surface area contributed by atoms with Crippen molar-refractivity contribution in [2.45, 2.75) is 26.3 Å². The van der Waals surface area contributed by atoms with Crippen LogP contribution in [-0.4, -0.2) is 52.1 Å². The summed E-state index contributed by atoms with van der Waals surface area (Å²) in [7, 11) is 0. The minimum atomic E-state index is -0.998. The molecule has 3 aromatic rings. The third-order valence-electron chi connectivity index (χ3n) is 7.47. The average Bonchev–Trinajstić information content (AvgIpc) is 3.54. The number of nitrogens with zero attached hydrogens (tertiary/aromatic N) is 2. The molecule has 3 amide bonds. The number of hydrogen-bond acceptors (Lipinski definition) is 8. The van der Waals surface area contributed by atoms with Crippen LogP contribution in [0.2, 0.25) is 0 Å². The Bertz CT molecular complexity index is 1760. The summed E-state index contributed by atoms with van der Waals surface area (Å²) in [6.07, 6.45) is 0. The molecule has 3 heterocycles. The molecule has 3 aliphatic rings. The summed E-state index contributed by atoms with van der Waals surface area (Å²) in [6.45, 7) is 5.31. The van der Waals surface area contributed by atoms with E-state index in [1.54, 1.807) is 36.1 Å². The van der Waals surface area contributed by atoms with Gasteiger partial charge in [-0.3, -0.25) is 24.2 Å². The second-order valence-corrected chi connectivity index (χ2v) is 13.2. The van der Waals surface area contributed by atoms with Gasteiger partial charge < -0.3 is 4.74 Å². The fourth-order valence-electron chi connectivity index (χ4n) is 5.46. The molecule has 3 aromatic carbocycles. The number of para-hydroxylation sites is 1. The van der Waals surface area contributed by atoms with Crippen molar-refractivity contribution in [2.75, 3.05) is 18.1 Å². The zero-order valence-corrected chi connectivity index (χ0v) is 26.0. The molecular formula is C33H26N2O5S3. The molecule has 3 aliphatic heterocycles. The highest BCUT2D eigenvalue weighted by Gasteiger charge is 2.47. The van der Waals surface area contributed by atoms with E-state index in [2.05, 4.69) is 0 Å². The number of hydrogen-bond donors (Lipinski definition) is 0. The minimum absolute atomic E-state index is 0.250. The Morgan fingerprint density at radius 3 is 2.05 bits per heavy atom. The summed E-state index contributed by atoms with van der Waals surface area (Å²) >= 11 is 8.90. The van der Waals surface area contributed by atoms with E-state index in [9.17, 15) is 19.2 Å². The van der Waals surface area contributed by atoms with Crippen molar-refractivity contribution in [3.8, 4) is 0 Å². The van der Waals surface area contributed by atoms with Gasteiger partial charge in [-0.2, -0.15) is 0 Å². The van der Waals surface area contributed by atoms with Crippen molar-refractivity contribution in [3.63, 3.8) is 0 Å². The maximum Gasteiger partial charge on any atom is 0.346 e. The smallest absolute Gasteiger partial charge is 0.346 e. The summed E-state index contributed by atoms with van der Waals surface area (Å²) in [6, 6.07) is 23.7. The molecule has 0 bridgehead atoms. The van der Waals surface area contributed by atoms with Crippen LogP contribution in [0.4, 0.5) is 5.69 Å². The standard InChI is InChI=1S/C33H26N2O5S3/c1-4-40-31(39)27-26(19-12-6-5-7-13-19)42-32(43-27)25-22-16-10-11-17-23(22)35(33(2,3)28(25)41)24(36)18-34-29(37)20-14-8-9-15-21(20)30(34)38/h5-17H,4,18H2,1-3H3/b32-25-. The van der Waals surface area contributed by atoms with Gasteiger partial charge in [0.2, 0.25) is 5.91 Å². The molecule has 0 fully saturated rings. The molecule has 0 aliphatic carbocycles. The summed E-state index contributed by atoms with van der Waals surface area (Å²) in [4.78, 5) is 57.6. The zero-order valence-electron chi connectivity index (χ0n) is 23.6. The van der Waals surface area contributed by atoms with Gasteiger partial charge in [0.25, 0.3) is 11.8 Å². The Morgan fingerprint density at radius 1 is 0.837 bits per heavy atom. The van der Waals surface area contributed by atoms with Crippen molar-refractivity contribution in [1.82, 2.24) is 4.90 Å². The topological polar surface area (TPSA) is 84.0 Å². The van der Waals surface area contributed by atoms with Crippen LogP contribution in [0, 0.1) is 0 Å². The van der Waals surface area contributed by atoms with Gasteiger partial charge in [0.15, 0.2) is 0 Å². The van der Waals surface area contributed by atoms with E-state index in [0.29, 0.717) is 15.5 Å². The maximum absolute atomic E-state index is 14.0.